The lowest BCUT2D eigenvalue weighted by atomic mass is 10.1. The van der Waals surface area contributed by atoms with Gasteiger partial charge in [-0.1, -0.05) is 6.07 Å². The Hall–Kier alpha value is -1.72. The highest BCUT2D eigenvalue weighted by atomic mass is 79.9. The van der Waals surface area contributed by atoms with E-state index in [9.17, 15) is 4.79 Å². The smallest absolute Gasteiger partial charge is 0.256 e. The molecule has 1 amide bonds. The molecule has 0 spiro atoms. The van der Waals surface area contributed by atoms with Crippen LogP contribution in [0, 0.1) is 0 Å². The van der Waals surface area contributed by atoms with Crippen molar-refractivity contribution in [2.24, 2.45) is 0 Å². The van der Waals surface area contributed by atoms with E-state index in [2.05, 4.69) is 26.2 Å². The van der Waals surface area contributed by atoms with E-state index >= 15 is 0 Å². The van der Waals surface area contributed by atoms with Crippen LogP contribution in [-0.4, -0.2) is 10.9 Å². The minimum Gasteiger partial charge on any atom is -0.372 e. The number of nitrogens with zero attached hydrogens (tertiary/aromatic N) is 1. The van der Waals surface area contributed by atoms with Crippen LogP contribution in [0.4, 0.5) is 5.82 Å². The molecule has 2 heterocycles. The van der Waals surface area contributed by atoms with Crippen molar-refractivity contribution in [3.05, 3.63) is 57.7 Å². The maximum atomic E-state index is 12.1. The number of amides is 1. The first kappa shape index (κ1) is 12.3. The number of rotatable bonds is 2. The second-order valence-corrected chi connectivity index (χ2v) is 5.21. The Morgan fingerprint density at radius 3 is 2.84 bits per heavy atom. The molecule has 1 aliphatic rings. The Labute approximate surface area is 118 Å². The Bertz CT molecular complexity index is 626. The molecule has 1 aromatic heterocycles. The number of aromatic nitrogens is 1. The molecule has 1 N–H and O–H groups in total. The van der Waals surface area contributed by atoms with Gasteiger partial charge in [0, 0.05) is 16.2 Å². The van der Waals surface area contributed by atoms with Crippen molar-refractivity contribution in [2.45, 2.75) is 13.2 Å². The quantitative estimate of drug-likeness (QED) is 0.925. The summed E-state index contributed by atoms with van der Waals surface area (Å²) in [6, 6.07) is 9.20. The summed E-state index contributed by atoms with van der Waals surface area (Å²) in [7, 11) is 0. The highest BCUT2D eigenvalue weighted by molar-refractivity contribution is 9.10. The van der Waals surface area contributed by atoms with Crippen LogP contribution in [0.25, 0.3) is 0 Å². The summed E-state index contributed by atoms with van der Waals surface area (Å²) in [6.07, 6.45) is 1.64. The lowest BCUT2D eigenvalue weighted by molar-refractivity contribution is 0.102. The van der Waals surface area contributed by atoms with Gasteiger partial charge in [0.05, 0.1) is 13.2 Å². The second-order valence-electron chi connectivity index (χ2n) is 4.29. The number of anilines is 1. The van der Waals surface area contributed by atoms with Gasteiger partial charge in [0.1, 0.15) is 5.82 Å². The highest BCUT2D eigenvalue weighted by Crippen LogP contribution is 2.21. The van der Waals surface area contributed by atoms with E-state index in [1.165, 1.54) is 0 Å². The molecule has 2 aromatic rings. The number of carbonyl (C=O) groups excluding carboxylic acids is 1. The third kappa shape index (κ3) is 2.67. The fourth-order valence-electron chi connectivity index (χ4n) is 1.95. The molecule has 0 fully saturated rings. The SMILES string of the molecule is O=C(Nc1ccc(Br)cn1)c1ccc2c(c1)COC2. The third-order valence-corrected chi connectivity index (χ3v) is 3.42. The maximum Gasteiger partial charge on any atom is 0.256 e. The molecule has 0 atom stereocenters. The number of pyridine rings is 1. The van der Waals surface area contributed by atoms with Gasteiger partial charge in [-0.15, -0.1) is 0 Å². The van der Waals surface area contributed by atoms with Crippen LogP contribution in [0.5, 0.6) is 0 Å². The van der Waals surface area contributed by atoms with Crippen LogP contribution in [-0.2, 0) is 18.0 Å². The van der Waals surface area contributed by atoms with Crippen molar-refractivity contribution in [3.8, 4) is 0 Å². The summed E-state index contributed by atoms with van der Waals surface area (Å²) < 4.78 is 6.21. The van der Waals surface area contributed by atoms with Crippen molar-refractivity contribution in [1.29, 1.82) is 0 Å². The average Bonchev–Trinajstić information content (AvgIpc) is 2.88. The number of nitrogens with one attached hydrogen (secondary N) is 1. The van der Waals surface area contributed by atoms with Crippen LogP contribution in [0.1, 0.15) is 21.5 Å². The predicted molar refractivity (Wildman–Crippen MR) is 74.8 cm³/mol. The molecule has 1 aliphatic heterocycles. The third-order valence-electron chi connectivity index (χ3n) is 2.95. The van der Waals surface area contributed by atoms with Crippen LogP contribution in [0.2, 0.25) is 0 Å². The molecule has 4 nitrogen and oxygen atoms in total. The standard InChI is InChI=1S/C14H11BrN2O2/c15-12-3-4-13(16-6-12)17-14(18)9-1-2-10-7-19-8-11(10)5-9/h1-6H,7-8H2,(H,16,17,18). The Kier molecular flexibility index (Phi) is 3.31. The number of carbonyl (C=O) groups is 1. The minimum absolute atomic E-state index is 0.162. The van der Waals surface area contributed by atoms with E-state index in [1.54, 1.807) is 12.3 Å². The molecule has 0 saturated carbocycles. The summed E-state index contributed by atoms with van der Waals surface area (Å²) in [4.78, 5) is 16.2. The van der Waals surface area contributed by atoms with Crippen LogP contribution in [0.3, 0.4) is 0 Å². The Morgan fingerprint density at radius 1 is 1.21 bits per heavy atom. The van der Waals surface area contributed by atoms with Crippen LogP contribution < -0.4 is 5.32 Å². The summed E-state index contributed by atoms with van der Waals surface area (Å²) in [6.45, 7) is 1.21. The molecule has 3 rings (SSSR count). The van der Waals surface area contributed by atoms with E-state index in [0.29, 0.717) is 24.6 Å². The molecular weight excluding hydrogens is 308 g/mol. The molecule has 5 heteroatoms. The van der Waals surface area contributed by atoms with Crippen molar-refractivity contribution in [3.63, 3.8) is 0 Å². The summed E-state index contributed by atoms with van der Waals surface area (Å²) in [5.41, 5.74) is 2.85. The molecule has 0 unspecified atom stereocenters. The van der Waals surface area contributed by atoms with Gasteiger partial charge >= 0.3 is 0 Å². The van der Waals surface area contributed by atoms with Gasteiger partial charge in [-0.2, -0.15) is 0 Å². The molecule has 0 radical (unpaired) electrons. The lowest BCUT2D eigenvalue weighted by Crippen LogP contribution is -2.13. The van der Waals surface area contributed by atoms with Gasteiger partial charge in [0.2, 0.25) is 0 Å². The first-order valence-electron chi connectivity index (χ1n) is 5.85. The van der Waals surface area contributed by atoms with E-state index in [-0.39, 0.29) is 5.91 Å². The molecule has 0 aliphatic carbocycles. The fraction of sp³-hybridized carbons (Fsp3) is 0.143. The van der Waals surface area contributed by atoms with Gasteiger partial charge in [-0.25, -0.2) is 4.98 Å². The maximum absolute atomic E-state index is 12.1. The van der Waals surface area contributed by atoms with E-state index in [1.807, 2.05) is 24.3 Å². The zero-order valence-electron chi connectivity index (χ0n) is 10.0. The van der Waals surface area contributed by atoms with E-state index in [4.69, 9.17) is 4.74 Å². The van der Waals surface area contributed by atoms with Crippen molar-refractivity contribution < 1.29 is 9.53 Å². The number of hydrogen-bond donors (Lipinski definition) is 1. The lowest BCUT2D eigenvalue weighted by Gasteiger charge is -2.05. The van der Waals surface area contributed by atoms with Gasteiger partial charge in [-0.3, -0.25) is 4.79 Å². The van der Waals surface area contributed by atoms with Gasteiger partial charge in [0.15, 0.2) is 0 Å². The topological polar surface area (TPSA) is 51.2 Å². The summed E-state index contributed by atoms with van der Waals surface area (Å²) in [5, 5.41) is 2.76. The zero-order chi connectivity index (χ0) is 13.2. The molecule has 0 saturated heterocycles. The van der Waals surface area contributed by atoms with Crippen LogP contribution in [0.15, 0.2) is 41.0 Å². The monoisotopic (exact) mass is 318 g/mol. The first-order valence-corrected chi connectivity index (χ1v) is 6.64. The van der Waals surface area contributed by atoms with Gasteiger partial charge in [0.25, 0.3) is 5.91 Å². The van der Waals surface area contributed by atoms with Crippen molar-refractivity contribution in [2.75, 3.05) is 5.32 Å². The molecule has 96 valence electrons. The van der Waals surface area contributed by atoms with Crippen molar-refractivity contribution >= 4 is 27.7 Å². The largest absolute Gasteiger partial charge is 0.372 e. The summed E-state index contributed by atoms with van der Waals surface area (Å²) in [5.74, 6) is 0.370. The zero-order valence-corrected chi connectivity index (χ0v) is 11.6. The van der Waals surface area contributed by atoms with Gasteiger partial charge < -0.3 is 10.1 Å². The van der Waals surface area contributed by atoms with Crippen LogP contribution >= 0.6 is 15.9 Å². The number of ether oxygens (including phenoxy) is 1. The number of fused-ring (bicyclic) bond motifs is 1. The molecular formula is C14H11BrN2O2. The second kappa shape index (κ2) is 5.11. The molecule has 0 bridgehead atoms. The molecule has 1 aromatic carbocycles. The minimum atomic E-state index is -0.162. The number of halogens is 1. The Morgan fingerprint density at radius 2 is 2.05 bits per heavy atom. The Balaban J connectivity index is 1.78. The average molecular weight is 319 g/mol. The molecule has 19 heavy (non-hydrogen) atoms. The number of hydrogen-bond acceptors (Lipinski definition) is 3. The highest BCUT2D eigenvalue weighted by Gasteiger charge is 2.14. The van der Waals surface area contributed by atoms with E-state index in [0.717, 1.165) is 15.6 Å². The summed E-state index contributed by atoms with van der Waals surface area (Å²) >= 11 is 3.30. The van der Waals surface area contributed by atoms with Gasteiger partial charge in [-0.05, 0) is 51.3 Å². The predicted octanol–water partition coefficient (Wildman–Crippen LogP) is 3.13. The normalized spacial score (nSPS) is 13.1. The number of benzene rings is 1. The fourth-order valence-corrected chi connectivity index (χ4v) is 2.19. The first-order chi connectivity index (χ1) is 9.22. The van der Waals surface area contributed by atoms with E-state index < -0.39 is 0 Å². The van der Waals surface area contributed by atoms with Crippen molar-refractivity contribution in [1.82, 2.24) is 4.98 Å².